The summed E-state index contributed by atoms with van der Waals surface area (Å²) >= 11 is 5.50. The van der Waals surface area contributed by atoms with Crippen LogP contribution in [0.2, 0.25) is 0 Å². The van der Waals surface area contributed by atoms with E-state index in [1.54, 1.807) is 6.20 Å². The Labute approximate surface area is 121 Å². The first-order valence-corrected chi connectivity index (χ1v) is 7.16. The van der Waals surface area contributed by atoms with Crippen molar-refractivity contribution < 1.29 is 0 Å². The summed E-state index contributed by atoms with van der Waals surface area (Å²) in [6.07, 6.45) is 2.72. The summed E-state index contributed by atoms with van der Waals surface area (Å²) in [6, 6.07) is 5.90. The third-order valence-electron chi connectivity index (χ3n) is 3.60. The minimum absolute atomic E-state index is 0.922. The van der Waals surface area contributed by atoms with Crippen molar-refractivity contribution in [3.63, 3.8) is 0 Å². The van der Waals surface area contributed by atoms with Gasteiger partial charge in [0.1, 0.15) is 5.82 Å². The van der Waals surface area contributed by atoms with Crippen molar-refractivity contribution in [2.45, 2.75) is 6.42 Å². The molecule has 0 aliphatic carbocycles. The summed E-state index contributed by atoms with van der Waals surface area (Å²) in [5, 5.41) is 0. The van der Waals surface area contributed by atoms with Crippen LogP contribution in [0.15, 0.2) is 24.4 Å². The van der Waals surface area contributed by atoms with E-state index in [0.29, 0.717) is 0 Å². The van der Waals surface area contributed by atoms with E-state index >= 15 is 0 Å². The average molecular weight is 278 g/mol. The van der Waals surface area contributed by atoms with E-state index in [1.807, 2.05) is 30.1 Å². The zero-order chi connectivity index (χ0) is 13.7. The van der Waals surface area contributed by atoms with Gasteiger partial charge in [-0.25, -0.2) is 4.98 Å². The summed E-state index contributed by atoms with van der Waals surface area (Å²) in [6.45, 7) is 5.65. The molecule has 1 aliphatic heterocycles. The lowest BCUT2D eigenvalue weighted by atomic mass is 10.3. The second-order valence-corrected chi connectivity index (χ2v) is 5.51. The van der Waals surface area contributed by atoms with E-state index in [-0.39, 0.29) is 0 Å². The Morgan fingerprint density at radius 1 is 1.32 bits per heavy atom. The molecular formula is C14H22N4S. The van der Waals surface area contributed by atoms with Crippen LogP contribution in [-0.2, 0) is 0 Å². The van der Waals surface area contributed by atoms with Crippen molar-refractivity contribution in [1.82, 2.24) is 14.8 Å². The van der Waals surface area contributed by atoms with Crippen LogP contribution in [0.25, 0.3) is 0 Å². The zero-order valence-electron chi connectivity index (χ0n) is 11.7. The second-order valence-electron chi connectivity index (χ2n) is 5.04. The maximum Gasteiger partial charge on any atom is 0.133 e. The molecule has 2 heterocycles. The number of rotatable bonds is 4. The van der Waals surface area contributed by atoms with Gasteiger partial charge in [-0.1, -0.05) is 18.3 Å². The Hall–Kier alpha value is -1.04. The van der Waals surface area contributed by atoms with Crippen molar-refractivity contribution in [1.29, 1.82) is 0 Å². The van der Waals surface area contributed by atoms with Crippen LogP contribution in [0.1, 0.15) is 6.42 Å². The molecule has 0 bridgehead atoms. The monoisotopic (exact) mass is 278 g/mol. The molecule has 0 spiro atoms. The Morgan fingerprint density at radius 3 is 2.68 bits per heavy atom. The topological polar surface area (TPSA) is 22.6 Å². The minimum Gasteiger partial charge on any atom is -0.324 e. The minimum atomic E-state index is 0.922. The highest BCUT2D eigenvalue weighted by atomic mass is 32.1. The number of piperazine rings is 1. The van der Waals surface area contributed by atoms with E-state index in [0.717, 1.165) is 50.0 Å². The first kappa shape index (κ1) is 14.4. The fraction of sp³-hybridized carbons (Fsp3) is 0.571. The van der Waals surface area contributed by atoms with Crippen LogP contribution in [0, 0.1) is 0 Å². The molecular weight excluding hydrogens is 256 g/mol. The highest BCUT2D eigenvalue weighted by Gasteiger charge is 2.15. The van der Waals surface area contributed by atoms with Gasteiger partial charge in [-0.15, -0.1) is 0 Å². The van der Waals surface area contributed by atoms with Crippen LogP contribution in [0.4, 0.5) is 5.82 Å². The first-order valence-electron chi connectivity index (χ1n) is 6.75. The smallest absolute Gasteiger partial charge is 0.133 e. The van der Waals surface area contributed by atoms with Gasteiger partial charge in [0.05, 0.1) is 4.99 Å². The number of pyridine rings is 1. The molecule has 1 fully saturated rings. The van der Waals surface area contributed by atoms with E-state index in [9.17, 15) is 0 Å². The summed E-state index contributed by atoms with van der Waals surface area (Å²) in [5.41, 5.74) is 0. The Bertz CT molecular complexity index is 401. The quantitative estimate of drug-likeness (QED) is 0.776. The van der Waals surface area contributed by atoms with Gasteiger partial charge in [0.25, 0.3) is 0 Å². The molecule has 0 amide bonds. The second kappa shape index (κ2) is 6.93. The molecule has 5 heteroatoms. The molecule has 1 aromatic rings. The van der Waals surface area contributed by atoms with Gasteiger partial charge in [-0.05, 0) is 19.2 Å². The predicted molar refractivity (Wildman–Crippen MR) is 83.8 cm³/mol. The molecule has 0 N–H and O–H groups in total. The SMILES string of the molecule is CN1CCN(CCC(=S)N(C)c2ccccn2)CC1. The van der Waals surface area contributed by atoms with Gasteiger partial charge in [0, 0.05) is 52.4 Å². The van der Waals surface area contributed by atoms with Gasteiger partial charge in [-0.3, -0.25) is 0 Å². The van der Waals surface area contributed by atoms with Crippen LogP contribution in [-0.4, -0.2) is 66.6 Å². The molecule has 1 saturated heterocycles. The highest BCUT2D eigenvalue weighted by molar-refractivity contribution is 7.80. The van der Waals surface area contributed by atoms with Crippen molar-refractivity contribution in [2.24, 2.45) is 0 Å². The number of anilines is 1. The van der Waals surface area contributed by atoms with E-state index in [4.69, 9.17) is 12.2 Å². The molecule has 0 atom stereocenters. The summed E-state index contributed by atoms with van der Waals surface area (Å²) in [7, 11) is 4.17. The molecule has 1 aromatic heterocycles. The molecule has 104 valence electrons. The first-order chi connectivity index (χ1) is 9.16. The van der Waals surface area contributed by atoms with Crippen molar-refractivity contribution >= 4 is 23.0 Å². The number of nitrogens with zero attached hydrogens (tertiary/aromatic N) is 4. The van der Waals surface area contributed by atoms with E-state index < -0.39 is 0 Å². The van der Waals surface area contributed by atoms with Gasteiger partial charge in [-0.2, -0.15) is 0 Å². The van der Waals surface area contributed by atoms with Crippen molar-refractivity contribution in [3.05, 3.63) is 24.4 Å². The maximum absolute atomic E-state index is 5.50. The lowest BCUT2D eigenvalue weighted by Crippen LogP contribution is -2.45. The van der Waals surface area contributed by atoms with Crippen molar-refractivity contribution in [2.75, 3.05) is 51.7 Å². The zero-order valence-corrected chi connectivity index (χ0v) is 12.6. The van der Waals surface area contributed by atoms with Gasteiger partial charge < -0.3 is 14.7 Å². The Kier molecular flexibility index (Phi) is 5.24. The number of hydrogen-bond donors (Lipinski definition) is 0. The largest absolute Gasteiger partial charge is 0.324 e. The third-order valence-corrected chi connectivity index (χ3v) is 4.08. The molecule has 4 nitrogen and oxygen atoms in total. The maximum atomic E-state index is 5.50. The molecule has 0 radical (unpaired) electrons. The van der Waals surface area contributed by atoms with E-state index in [1.165, 1.54) is 0 Å². The fourth-order valence-corrected chi connectivity index (χ4v) is 2.36. The van der Waals surface area contributed by atoms with Gasteiger partial charge >= 0.3 is 0 Å². The third kappa shape index (κ3) is 4.23. The van der Waals surface area contributed by atoms with Crippen LogP contribution in [0.3, 0.4) is 0 Å². The molecule has 0 unspecified atom stereocenters. The Balaban J connectivity index is 1.78. The van der Waals surface area contributed by atoms with Crippen LogP contribution < -0.4 is 4.90 Å². The molecule has 0 saturated carbocycles. The molecule has 0 aromatic carbocycles. The standard InChI is InChI=1S/C14H22N4S/c1-16-9-11-18(12-10-16)8-6-14(19)17(2)13-5-3-4-7-15-13/h3-5,7H,6,8-12H2,1-2H3. The average Bonchev–Trinajstić information content (AvgIpc) is 2.46. The van der Waals surface area contributed by atoms with Crippen LogP contribution in [0.5, 0.6) is 0 Å². The van der Waals surface area contributed by atoms with Gasteiger partial charge in [0.2, 0.25) is 0 Å². The Morgan fingerprint density at radius 2 is 2.05 bits per heavy atom. The highest BCUT2D eigenvalue weighted by Crippen LogP contribution is 2.10. The van der Waals surface area contributed by atoms with Crippen molar-refractivity contribution in [3.8, 4) is 0 Å². The van der Waals surface area contributed by atoms with Crippen LogP contribution >= 0.6 is 12.2 Å². The molecule has 19 heavy (non-hydrogen) atoms. The molecule has 1 aliphatic rings. The fourth-order valence-electron chi connectivity index (χ4n) is 2.17. The summed E-state index contributed by atoms with van der Waals surface area (Å²) in [4.78, 5) is 12.1. The number of hydrogen-bond acceptors (Lipinski definition) is 4. The molecule has 2 rings (SSSR count). The van der Waals surface area contributed by atoms with E-state index in [2.05, 4.69) is 21.8 Å². The predicted octanol–water partition coefficient (Wildman–Crippen LogP) is 1.48. The number of aromatic nitrogens is 1. The summed E-state index contributed by atoms with van der Waals surface area (Å²) in [5.74, 6) is 0.922. The normalized spacial score (nSPS) is 17.4. The lowest BCUT2D eigenvalue weighted by Gasteiger charge is -2.32. The summed E-state index contributed by atoms with van der Waals surface area (Å²) < 4.78 is 0. The lowest BCUT2D eigenvalue weighted by molar-refractivity contribution is 0.157. The number of thiocarbonyl (C=S) groups is 1. The van der Waals surface area contributed by atoms with Gasteiger partial charge in [0.15, 0.2) is 0 Å². The number of likely N-dealkylation sites (N-methyl/N-ethyl adjacent to an activating group) is 1.